The summed E-state index contributed by atoms with van der Waals surface area (Å²) >= 11 is 0. The van der Waals surface area contributed by atoms with Crippen LogP contribution >= 0.6 is 0 Å². The van der Waals surface area contributed by atoms with Crippen molar-refractivity contribution in [3.05, 3.63) is 30.2 Å². The molecule has 1 saturated heterocycles. The van der Waals surface area contributed by atoms with E-state index < -0.39 is 36.1 Å². The monoisotopic (exact) mass is 345 g/mol. The number of ether oxygens (including phenoxy) is 1. The first kappa shape index (κ1) is 16.6. The van der Waals surface area contributed by atoms with Gasteiger partial charge in [0.25, 0.3) is 5.91 Å². The van der Waals surface area contributed by atoms with Crippen molar-refractivity contribution >= 4 is 34.9 Å². The molecule has 2 unspecified atom stereocenters. The van der Waals surface area contributed by atoms with Crippen LogP contribution in [-0.4, -0.2) is 44.8 Å². The van der Waals surface area contributed by atoms with Crippen LogP contribution in [-0.2, 0) is 19.1 Å². The largest absolute Gasteiger partial charge is 0.457 e. The Morgan fingerprint density at radius 2 is 2.04 bits per heavy atom. The highest BCUT2D eigenvalue weighted by Gasteiger charge is 2.52. The van der Waals surface area contributed by atoms with Gasteiger partial charge in [0.1, 0.15) is 11.3 Å². The van der Waals surface area contributed by atoms with Gasteiger partial charge in [0.05, 0.1) is 0 Å². The van der Waals surface area contributed by atoms with Crippen molar-refractivity contribution in [1.82, 2.24) is 14.8 Å². The van der Waals surface area contributed by atoms with Crippen LogP contribution in [0.15, 0.2) is 28.8 Å². The molecule has 0 aliphatic carbocycles. The van der Waals surface area contributed by atoms with E-state index in [4.69, 9.17) is 9.15 Å². The van der Waals surface area contributed by atoms with Gasteiger partial charge in [0.2, 0.25) is 5.91 Å². The van der Waals surface area contributed by atoms with Crippen LogP contribution in [0.1, 0.15) is 32.6 Å². The van der Waals surface area contributed by atoms with E-state index in [0.717, 1.165) is 16.7 Å². The van der Waals surface area contributed by atoms with Gasteiger partial charge in [-0.1, -0.05) is 0 Å². The summed E-state index contributed by atoms with van der Waals surface area (Å²) in [6.07, 6.45) is 0.410. The first-order valence-corrected chi connectivity index (χ1v) is 7.49. The summed E-state index contributed by atoms with van der Waals surface area (Å²) in [5, 5.41) is 0. The lowest BCUT2D eigenvalue weighted by atomic mass is 10.2. The molecule has 0 saturated carbocycles. The average molecular weight is 345 g/mol. The topological polar surface area (TPSA) is 110 Å². The minimum Gasteiger partial charge on any atom is -0.457 e. The van der Waals surface area contributed by atoms with Gasteiger partial charge in [-0.05, 0) is 19.1 Å². The number of pyridine rings is 1. The van der Waals surface area contributed by atoms with Crippen LogP contribution in [0.3, 0.4) is 0 Å². The fraction of sp³-hybridized carbons (Fsp3) is 0.312. The van der Waals surface area contributed by atoms with E-state index in [2.05, 4.69) is 4.98 Å². The third kappa shape index (κ3) is 2.73. The molecule has 2 atom stereocenters. The number of imide groups is 2. The molecule has 3 heterocycles. The van der Waals surface area contributed by atoms with Crippen LogP contribution in [0.5, 0.6) is 0 Å². The molecule has 1 aliphatic rings. The Bertz CT molecular complexity index is 856. The van der Waals surface area contributed by atoms with E-state index in [1.165, 1.54) is 19.9 Å². The van der Waals surface area contributed by atoms with Gasteiger partial charge in [-0.25, -0.2) is 14.6 Å². The Hall–Kier alpha value is -3.23. The SMILES string of the molecule is CC(=O)OC(C)N1C(=O)C(c2cc3ncccc3o2)N(C(C)=O)C1=O. The van der Waals surface area contributed by atoms with Crippen molar-refractivity contribution < 1.29 is 28.3 Å². The predicted octanol–water partition coefficient (Wildman–Crippen LogP) is 1.59. The number of nitrogens with zero attached hydrogens (tertiary/aromatic N) is 3. The number of urea groups is 1. The van der Waals surface area contributed by atoms with Gasteiger partial charge >= 0.3 is 12.0 Å². The molecular weight excluding hydrogens is 330 g/mol. The minimum atomic E-state index is -1.27. The molecule has 3 rings (SSSR count). The molecule has 25 heavy (non-hydrogen) atoms. The second kappa shape index (κ2) is 6.00. The molecule has 0 bridgehead atoms. The maximum absolute atomic E-state index is 12.8. The summed E-state index contributed by atoms with van der Waals surface area (Å²) < 4.78 is 10.5. The number of rotatable bonds is 3. The molecule has 0 spiro atoms. The molecule has 0 radical (unpaired) electrons. The zero-order valence-electron chi connectivity index (χ0n) is 13.8. The van der Waals surface area contributed by atoms with E-state index in [-0.39, 0.29) is 5.76 Å². The van der Waals surface area contributed by atoms with Crippen molar-refractivity contribution in [3.8, 4) is 0 Å². The Morgan fingerprint density at radius 1 is 1.32 bits per heavy atom. The number of esters is 1. The van der Waals surface area contributed by atoms with Gasteiger partial charge in [-0.3, -0.25) is 19.4 Å². The van der Waals surface area contributed by atoms with Gasteiger partial charge in [-0.15, -0.1) is 0 Å². The van der Waals surface area contributed by atoms with Crippen LogP contribution in [0, 0.1) is 0 Å². The lowest BCUT2D eigenvalue weighted by molar-refractivity contribution is -0.155. The number of carbonyl (C=O) groups is 4. The van der Waals surface area contributed by atoms with Gasteiger partial charge in [0, 0.05) is 26.1 Å². The first-order chi connectivity index (χ1) is 11.8. The van der Waals surface area contributed by atoms with Gasteiger partial charge < -0.3 is 9.15 Å². The second-order valence-corrected chi connectivity index (χ2v) is 5.53. The highest BCUT2D eigenvalue weighted by Crippen LogP contribution is 2.35. The maximum Gasteiger partial charge on any atom is 0.337 e. The molecule has 2 aromatic heterocycles. The minimum absolute atomic E-state index is 0.111. The zero-order valence-corrected chi connectivity index (χ0v) is 13.8. The fourth-order valence-corrected chi connectivity index (χ4v) is 2.78. The summed E-state index contributed by atoms with van der Waals surface area (Å²) in [6.45, 7) is 3.70. The number of amides is 4. The van der Waals surface area contributed by atoms with Crippen LogP contribution in [0.4, 0.5) is 4.79 Å². The van der Waals surface area contributed by atoms with Gasteiger partial charge in [0.15, 0.2) is 17.9 Å². The molecule has 1 fully saturated rings. The maximum atomic E-state index is 12.8. The van der Waals surface area contributed by atoms with E-state index in [0.29, 0.717) is 11.1 Å². The molecule has 0 N–H and O–H groups in total. The van der Waals surface area contributed by atoms with Crippen LogP contribution < -0.4 is 0 Å². The lowest BCUT2D eigenvalue weighted by Gasteiger charge is -2.21. The van der Waals surface area contributed by atoms with Crippen LogP contribution in [0.2, 0.25) is 0 Å². The Morgan fingerprint density at radius 3 is 2.64 bits per heavy atom. The van der Waals surface area contributed by atoms with Crippen molar-refractivity contribution in [2.45, 2.75) is 33.0 Å². The Balaban J connectivity index is 2.04. The highest BCUT2D eigenvalue weighted by molar-refractivity contribution is 6.11. The van der Waals surface area contributed by atoms with E-state index in [9.17, 15) is 19.2 Å². The highest BCUT2D eigenvalue weighted by atomic mass is 16.6. The molecule has 2 aromatic rings. The second-order valence-electron chi connectivity index (χ2n) is 5.53. The zero-order chi connectivity index (χ0) is 18.3. The van der Waals surface area contributed by atoms with Gasteiger partial charge in [-0.2, -0.15) is 0 Å². The molecule has 1 aliphatic heterocycles. The number of carbonyl (C=O) groups excluding carboxylic acids is 4. The van der Waals surface area contributed by atoms with Crippen molar-refractivity contribution in [3.63, 3.8) is 0 Å². The van der Waals surface area contributed by atoms with E-state index in [1.54, 1.807) is 18.3 Å². The smallest absolute Gasteiger partial charge is 0.337 e. The van der Waals surface area contributed by atoms with Crippen LogP contribution in [0.25, 0.3) is 11.1 Å². The number of hydrogen-bond acceptors (Lipinski definition) is 7. The van der Waals surface area contributed by atoms with Crippen molar-refractivity contribution in [2.75, 3.05) is 0 Å². The van der Waals surface area contributed by atoms with E-state index in [1.807, 2.05) is 0 Å². The lowest BCUT2D eigenvalue weighted by Crippen LogP contribution is -2.42. The summed E-state index contributed by atoms with van der Waals surface area (Å²) in [6, 6.07) is 2.68. The molecular formula is C16H15N3O6. The third-order valence-corrected chi connectivity index (χ3v) is 3.76. The quantitative estimate of drug-likeness (QED) is 0.613. The molecule has 0 aromatic carbocycles. The number of aromatic nitrogens is 1. The molecule has 9 heteroatoms. The fourth-order valence-electron chi connectivity index (χ4n) is 2.78. The summed E-state index contributed by atoms with van der Waals surface area (Å²) in [5.41, 5.74) is 0.917. The number of fused-ring (bicyclic) bond motifs is 1. The average Bonchev–Trinajstić information content (AvgIpc) is 3.04. The van der Waals surface area contributed by atoms with Crippen molar-refractivity contribution in [2.24, 2.45) is 0 Å². The summed E-state index contributed by atoms with van der Waals surface area (Å²) in [5.74, 6) is -1.89. The summed E-state index contributed by atoms with van der Waals surface area (Å²) in [4.78, 5) is 54.0. The molecule has 130 valence electrons. The summed E-state index contributed by atoms with van der Waals surface area (Å²) in [7, 11) is 0. The van der Waals surface area contributed by atoms with E-state index >= 15 is 0 Å². The number of hydrogen-bond donors (Lipinski definition) is 0. The first-order valence-electron chi connectivity index (χ1n) is 7.49. The predicted molar refractivity (Wildman–Crippen MR) is 82.7 cm³/mol. The molecule has 9 nitrogen and oxygen atoms in total. The normalized spacial score (nSPS) is 18.8. The third-order valence-electron chi connectivity index (χ3n) is 3.76. The number of furan rings is 1. The molecule has 4 amide bonds. The Kier molecular flexibility index (Phi) is 3.99. The standard InChI is InChI=1S/C16H15N3O6/c1-8(20)18-14(13-7-11-12(25-13)5-4-6-17-11)15(22)19(16(18)23)9(2)24-10(3)21/h4-7,9,14H,1-3H3. The Labute approximate surface area is 142 Å². The van der Waals surface area contributed by atoms with Crippen molar-refractivity contribution in [1.29, 1.82) is 0 Å².